The number of fused-ring (bicyclic) bond motifs is 1. The van der Waals surface area contributed by atoms with Gasteiger partial charge in [0.15, 0.2) is 5.69 Å². The van der Waals surface area contributed by atoms with E-state index in [-0.39, 0.29) is 17.0 Å². The Morgan fingerprint density at radius 3 is 2.50 bits per heavy atom. The zero-order chi connectivity index (χ0) is 15.9. The highest BCUT2D eigenvalue weighted by molar-refractivity contribution is 5.80. The molecular weight excluding hydrogens is 282 g/mol. The molecule has 6 heteroatoms. The molecule has 0 aliphatic carbocycles. The summed E-state index contributed by atoms with van der Waals surface area (Å²) in [5.41, 5.74) is 8.48. The molecule has 0 fully saturated rings. The number of rotatable bonds is 2. The quantitative estimate of drug-likeness (QED) is 0.562. The molecule has 3 N–H and O–H groups in total. The number of aromatic nitrogens is 2. The number of hydrogen-bond donors (Lipinski definition) is 2. The number of hydrogen-bond acceptors (Lipinski definition) is 4. The van der Waals surface area contributed by atoms with E-state index in [1.54, 1.807) is 30.3 Å². The molecule has 0 aliphatic heterocycles. The van der Waals surface area contributed by atoms with Gasteiger partial charge < -0.3 is 9.94 Å². The predicted molar refractivity (Wildman–Crippen MR) is 83.6 cm³/mol. The fourth-order valence-corrected chi connectivity index (χ4v) is 2.41. The van der Waals surface area contributed by atoms with Crippen LogP contribution < -0.4 is 14.9 Å². The Morgan fingerprint density at radius 1 is 1.18 bits per heavy atom. The highest BCUT2D eigenvalue weighted by atomic mass is 16.5. The average Bonchev–Trinajstić information content (AvgIpc) is 2.54. The zero-order valence-corrected chi connectivity index (χ0v) is 12.3. The fourth-order valence-electron chi connectivity index (χ4n) is 2.41. The van der Waals surface area contributed by atoms with Crippen LogP contribution in [0.3, 0.4) is 0 Å². The molecule has 0 bridgehead atoms. The van der Waals surface area contributed by atoms with Crippen molar-refractivity contribution in [2.24, 2.45) is 0 Å². The highest BCUT2D eigenvalue weighted by Crippen LogP contribution is 2.27. The minimum atomic E-state index is -0.0657. The molecule has 1 aromatic heterocycles. The Kier molecular flexibility index (Phi) is 3.21. The summed E-state index contributed by atoms with van der Waals surface area (Å²) in [4.78, 5) is 12.4. The fraction of sp³-hybridized carbons (Fsp3) is 0.125. The van der Waals surface area contributed by atoms with Gasteiger partial charge in [-0.15, -0.1) is 0 Å². The van der Waals surface area contributed by atoms with E-state index in [4.69, 9.17) is 10.5 Å². The largest absolute Gasteiger partial charge is 0.497 e. The summed E-state index contributed by atoms with van der Waals surface area (Å²) < 4.78 is 6.67. The number of anilines is 1. The SMILES string of the molecule is COc1ccc2c(c1)n(O)c(-c1ccc(C)cc1)c(N)[n+]2=O. The van der Waals surface area contributed by atoms with Crippen LogP contribution in [-0.2, 0) is 0 Å². The van der Waals surface area contributed by atoms with E-state index >= 15 is 0 Å². The summed E-state index contributed by atoms with van der Waals surface area (Å²) in [6.07, 6.45) is 0. The van der Waals surface area contributed by atoms with Crippen molar-refractivity contribution in [1.82, 2.24) is 4.73 Å². The third-order valence-corrected chi connectivity index (χ3v) is 3.63. The maximum Gasteiger partial charge on any atom is 0.345 e. The molecule has 3 aromatic rings. The van der Waals surface area contributed by atoms with Crippen LogP contribution in [0.4, 0.5) is 5.82 Å². The third-order valence-electron chi connectivity index (χ3n) is 3.63. The minimum absolute atomic E-state index is 0.0657. The van der Waals surface area contributed by atoms with E-state index in [2.05, 4.69) is 0 Å². The predicted octanol–water partition coefficient (Wildman–Crippen LogP) is 2.36. The van der Waals surface area contributed by atoms with Crippen LogP contribution in [0.2, 0.25) is 0 Å². The van der Waals surface area contributed by atoms with Crippen LogP contribution in [0.5, 0.6) is 5.75 Å². The normalized spacial score (nSPS) is 10.8. The van der Waals surface area contributed by atoms with E-state index in [0.29, 0.717) is 21.3 Å². The lowest BCUT2D eigenvalue weighted by molar-refractivity contribution is -0.447. The molecule has 0 aliphatic rings. The van der Waals surface area contributed by atoms with Crippen LogP contribution in [0, 0.1) is 11.8 Å². The van der Waals surface area contributed by atoms with E-state index in [0.717, 1.165) is 10.3 Å². The Balaban J connectivity index is 2.39. The molecular formula is C16H16N3O3+. The second-order valence-corrected chi connectivity index (χ2v) is 5.06. The van der Waals surface area contributed by atoms with Gasteiger partial charge in [-0.2, -0.15) is 4.73 Å². The van der Waals surface area contributed by atoms with Gasteiger partial charge in [0.25, 0.3) is 0 Å². The monoisotopic (exact) mass is 298 g/mol. The van der Waals surface area contributed by atoms with Crippen molar-refractivity contribution < 1.29 is 14.4 Å². The highest BCUT2D eigenvalue weighted by Gasteiger charge is 2.22. The summed E-state index contributed by atoms with van der Waals surface area (Å²) in [5, 5.41) is 10.5. The summed E-state index contributed by atoms with van der Waals surface area (Å²) >= 11 is 0. The molecule has 0 atom stereocenters. The Bertz CT molecular complexity index is 915. The standard InChI is InChI=1S/C16H16N3O3/c1-10-3-5-11(6-4-10)15-16(17)19(21)13-8-7-12(22-2)9-14(13)18(15)20/h3-9,20H,17H2,1-2H3/q+1. The smallest absolute Gasteiger partial charge is 0.345 e. The first-order valence-corrected chi connectivity index (χ1v) is 6.74. The Labute approximate surface area is 126 Å². The summed E-state index contributed by atoms with van der Waals surface area (Å²) in [7, 11) is 1.52. The van der Waals surface area contributed by atoms with Gasteiger partial charge in [-0.1, -0.05) is 34.7 Å². The number of methoxy groups -OCH3 is 1. The third kappa shape index (κ3) is 2.05. The number of ether oxygens (including phenoxy) is 1. The van der Waals surface area contributed by atoms with Gasteiger partial charge in [-0.3, -0.25) is 5.73 Å². The van der Waals surface area contributed by atoms with Gasteiger partial charge in [0.05, 0.1) is 7.11 Å². The van der Waals surface area contributed by atoms with Crippen molar-refractivity contribution in [3.05, 3.63) is 52.9 Å². The average molecular weight is 298 g/mol. The van der Waals surface area contributed by atoms with Gasteiger partial charge in [-0.05, 0) is 19.1 Å². The summed E-state index contributed by atoms with van der Waals surface area (Å²) in [5.74, 6) is 0.471. The number of benzene rings is 2. The molecule has 0 spiro atoms. The maximum atomic E-state index is 12.4. The van der Waals surface area contributed by atoms with E-state index in [1.807, 2.05) is 19.1 Å². The molecule has 0 amide bonds. The number of aryl methyl sites for hydroxylation is 1. The number of nitrogens with zero attached hydrogens (tertiary/aromatic N) is 2. The van der Waals surface area contributed by atoms with Crippen molar-refractivity contribution in [1.29, 1.82) is 0 Å². The number of nitrogen functional groups attached to an aromatic ring is 1. The number of nitrogens with two attached hydrogens (primary N) is 1. The first-order valence-electron chi connectivity index (χ1n) is 6.74. The van der Waals surface area contributed by atoms with Gasteiger partial charge in [0.1, 0.15) is 11.3 Å². The molecule has 0 saturated heterocycles. The van der Waals surface area contributed by atoms with Crippen LogP contribution in [0.15, 0.2) is 42.5 Å². The second kappa shape index (κ2) is 5.07. The topological polar surface area (TPSA) is 83.4 Å². The molecule has 22 heavy (non-hydrogen) atoms. The molecule has 2 aromatic carbocycles. The van der Waals surface area contributed by atoms with Gasteiger partial charge >= 0.3 is 5.82 Å². The molecule has 3 rings (SSSR count). The zero-order valence-electron chi connectivity index (χ0n) is 12.3. The van der Waals surface area contributed by atoms with Crippen LogP contribution in [0.25, 0.3) is 22.3 Å². The lowest BCUT2D eigenvalue weighted by atomic mass is 10.1. The molecule has 0 radical (unpaired) electrons. The van der Waals surface area contributed by atoms with E-state index in [1.165, 1.54) is 7.11 Å². The first kappa shape index (κ1) is 13.9. The van der Waals surface area contributed by atoms with Crippen molar-refractivity contribution in [3.63, 3.8) is 0 Å². The minimum Gasteiger partial charge on any atom is -0.497 e. The van der Waals surface area contributed by atoms with Crippen LogP contribution >= 0.6 is 0 Å². The first-order chi connectivity index (χ1) is 10.5. The van der Waals surface area contributed by atoms with E-state index < -0.39 is 0 Å². The lowest BCUT2D eigenvalue weighted by Gasteiger charge is -2.10. The molecule has 1 heterocycles. The van der Waals surface area contributed by atoms with Crippen molar-refractivity contribution in [2.75, 3.05) is 12.8 Å². The lowest BCUT2D eigenvalue weighted by Crippen LogP contribution is -2.25. The summed E-state index contributed by atoms with van der Waals surface area (Å²) in [6.45, 7) is 1.96. The van der Waals surface area contributed by atoms with Gasteiger partial charge in [0, 0.05) is 16.1 Å². The molecule has 0 saturated carbocycles. The van der Waals surface area contributed by atoms with E-state index in [9.17, 15) is 10.1 Å². The van der Waals surface area contributed by atoms with Crippen molar-refractivity contribution in [3.8, 4) is 17.0 Å². The van der Waals surface area contributed by atoms with Crippen LogP contribution in [0.1, 0.15) is 5.56 Å². The van der Waals surface area contributed by atoms with Crippen molar-refractivity contribution >= 4 is 16.9 Å². The van der Waals surface area contributed by atoms with Crippen LogP contribution in [-0.4, -0.2) is 17.0 Å². The summed E-state index contributed by atoms with van der Waals surface area (Å²) in [6, 6.07) is 12.2. The Morgan fingerprint density at radius 2 is 1.86 bits per heavy atom. The van der Waals surface area contributed by atoms with Gasteiger partial charge in [-0.25, -0.2) is 0 Å². The molecule has 6 nitrogen and oxygen atoms in total. The Hall–Kier alpha value is -3.02. The molecule has 112 valence electrons. The second-order valence-electron chi connectivity index (χ2n) is 5.06. The molecule has 0 unspecified atom stereocenters. The van der Waals surface area contributed by atoms with Gasteiger partial charge in [0.2, 0.25) is 5.52 Å². The van der Waals surface area contributed by atoms with Crippen molar-refractivity contribution in [2.45, 2.75) is 6.92 Å². The maximum absolute atomic E-state index is 12.4.